The van der Waals surface area contributed by atoms with Crippen molar-refractivity contribution < 1.29 is 9.59 Å². The standard InChI is InChI=1S/C13H16ClN3O2/c14-9-2-1-3-10(15)12(9)13(19)16-7-6-11(18)17-8-4-5-8/h1-3,8H,4-7,15H2,(H,16,19)(H,17,18). The first-order valence-corrected chi connectivity index (χ1v) is 6.57. The Bertz CT molecular complexity index is 480. The van der Waals surface area contributed by atoms with Crippen molar-refractivity contribution in [3.8, 4) is 0 Å². The number of carbonyl (C=O) groups is 2. The lowest BCUT2D eigenvalue weighted by atomic mass is 10.1. The summed E-state index contributed by atoms with van der Waals surface area (Å²) >= 11 is 5.92. The highest BCUT2D eigenvalue weighted by Crippen LogP contribution is 2.21. The van der Waals surface area contributed by atoms with Crippen LogP contribution in [0.2, 0.25) is 5.02 Å². The molecule has 19 heavy (non-hydrogen) atoms. The van der Waals surface area contributed by atoms with Crippen LogP contribution in [0.3, 0.4) is 0 Å². The molecule has 4 N–H and O–H groups in total. The average Bonchev–Trinajstić information content (AvgIpc) is 3.12. The third-order valence-corrected chi connectivity index (χ3v) is 3.17. The minimum Gasteiger partial charge on any atom is -0.398 e. The second-order valence-corrected chi connectivity index (χ2v) is 4.96. The number of halogens is 1. The number of amides is 2. The Morgan fingerprint density at radius 3 is 2.74 bits per heavy atom. The molecule has 1 fully saturated rings. The van der Waals surface area contributed by atoms with E-state index >= 15 is 0 Å². The summed E-state index contributed by atoms with van der Waals surface area (Å²) in [4.78, 5) is 23.3. The van der Waals surface area contributed by atoms with Crippen molar-refractivity contribution in [2.24, 2.45) is 0 Å². The Kier molecular flexibility index (Phi) is 4.27. The molecule has 0 aliphatic heterocycles. The van der Waals surface area contributed by atoms with Crippen molar-refractivity contribution in [2.75, 3.05) is 12.3 Å². The molecule has 0 unspecified atom stereocenters. The number of rotatable bonds is 5. The Morgan fingerprint density at radius 1 is 1.37 bits per heavy atom. The van der Waals surface area contributed by atoms with Gasteiger partial charge in [-0.2, -0.15) is 0 Å². The summed E-state index contributed by atoms with van der Waals surface area (Å²) in [6, 6.07) is 5.23. The van der Waals surface area contributed by atoms with E-state index in [1.807, 2.05) is 0 Å². The number of carbonyl (C=O) groups excluding carboxylic acids is 2. The molecular formula is C13H16ClN3O2. The summed E-state index contributed by atoms with van der Waals surface area (Å²) in [6.45, 7) is 0.266. The third kappa shape index (κ3) is 3.86. The maximum atomic E-state index is 11.9. The molecule has 1 aromatic rings. The molecule has 1 aliphatic carbocycles. The molecule has 0 aromatic heterocycles. The second-order valence-electron chi connectivity index (χ2n) is 4.55. The number of anilines is 1. The molecule has 0 spiro atoms. The molecule has 0 bridgehead atoms. The van der Waals surface area contributed by atoms with Crippen molar-refractivity contribution >= 4 is 29.1 Å². The van der Waals surface area contributed by atoms with Crippen molar-refractivity contribution in [3.63, 3.8) is 0 Å². The fourth-order valence-electron chi connectivity index (χ4n) is 1.69. The van der Waals surface area contributed by atoms with Crippen LogP contribution in [0, 0.1) is 0 Å². The second kappa shape index (κ2) is 5.93. The van der Waals surface area contributed by atoms with Crippen molar-refractivity contribution in [3.05, 3.63) is 28.8 Å². The highest BCUT2D eigenvalue weighted by atomic mass is 35.5. The predicted molar refractivity (Wildman–Crippen MR) is 74.0 cm³/mol. The Labute approximate surface area is 116 Å². The van der Waals surface area contributed by atoms with Crippen molar-refractivity contribution in [2.45, 2.75) is 25.3 Å². The summed E-state index contributed by atoms with van der Waals surface area (Å²) in [7, 11) is 0. The van der Waals surface area contributed by atoms with Crippen LogP contribution in [0.25, 0.3) is 0 Å². The van der Waals surface area contributed by atoms with Crippen LogP contribution in [0.1, 0.15) is 29.6 Å². The Hall–Kier alpha value is -1.75. The van der Waals surface area contributed by atoms with E-state index in [0.29, 0.717) is 16.8 Å². The van der Waals surface area contributed by atoms with Gasteiger partial charge in [0.1, 0.15) is 0 Å². The molecule has 0 atom stereocenters. The maximum absolute atomic E-state index is 11.9. The molecule has 0 heterocycles. The first-order chi connectivity index (χ1) is 9.08. The van der Waals surface area contributed by atoms with Gasteiger partial charge in [0.15, 0.2) is 0 Å². The molecule has 0 saturated heterocycles. The first kappa shape index (κ1) is 13.7. The summed E-state index contributed by atoms with van der Waals surface area (Å²) in [5.74, 6) is -0.405. The molecule has 102 valence electrons. The van der Waals surface area contributed by atoms with E-state index < -0.39 is 0 Å². The van der Waals surface area contributed by atoms with Crippen LogP contribution in [0.15, 0.2) is 18.2 Å². The van der Waals surface area contributed by atoms with Gasteiger partial charge in [0.2, 0.25) is 5.91 Å². The van der Waals surface area contributed by atoms with Gasteiger partial charge in [-0.05, 0) is 25.0 Å². The van der Waals surface area contributed by atoms with E-state index in [1.54, 1.807) is 18.2 Å². The largest absolute Gasteiger partial charge is 0.398 e. The quantitative estimate of drug-likeness (QED) is 0.712. The molecule has 1 saturated carbocycles. The average molecular weight is 282 g/mol. The number of nitrogens with two attached hydrogens (primary N) is 1. The van der Waals surface area contributed by atoms with Crippen molar-refractivity contribution in [1.29, 1.82) is 0 Å². The number of nitrogen functional groups attached to an aromatic ring is 1. The monoisotopic (exact) mass is 281 g/mol. The van der Waals surface area contributed by atoms with Gasteiger partial charge in [0.25, 0.3) is 5.91 Å². The zero-order valence-electron chi connectivity index (χ0n) is 10.4. The lowest BCUT2D eigenvalue weighted by Crippen LogP contribution is -2.32. The van der Waals surface area contributed by atoms with Crippen LogP contribution in [-0.4, -0.2) is 24.4 Å². The molecule has 2 amide bonds. The fourth-order valence-corrected chi connectivity index (χ4v) is 1.95. The Morgan fingerprint density at radius 2 is 2.11 bits per heavy atom. The van der Waals surface area contributed by atoms with E-state index in [1.165, 1.54) is 0 Å². The van der Waals surface area contributed by atoms with Gasteiger partial charge in [0, 0.05) is 24.7 Å². The van der Waals surface area contributed by atoms with Crippen LogP contribution in [-0.2, 0) is 4.79 Å². The summed E-state index contributed by atoms with van der Waals surface area (Å²) in [5.41, 5.74) is 6.29. The summed E-state index contributed by atoms with van der Waals surface area (Å²) in [6.07, 6.45) is 2.36. The normalized spacial score (nSPS) is 13.9. The van der Waals surface area contributed by atoms with Gasteiger partial charge >= 0.3 is 0 Å². The van der Waals surface area contributed by atoms with Crippen LogP contribution in [0.4, 0.5) is 5.69 Å². The van der Waals surface area contributed by atoms with E-state index in [0.717, 1.165) is 12.8 Å². The summed E-state index contributed by atoms with van der Waals surface area (Å²) in [5, 5.41) is 5.80. The predicted octanol–water partition coefficient (Wildman–Crippen LogP) is 1.32. The highest BCUT2D eigenvalue weighted by Gasteiger charge is 2.23. The van der Waals surface area contributed by atoms with Gasteiger partial charge in [-0.3, -0.25) is 9.59 Å². The molecular weight excluding hydrogens is 266 g/mol. The van der Waals surface area contributed by atoms with Crippen molar-refractivity contribution in [1.82, 2.24) is 10.6 Å². The first-order valence-electron chi connectivity index (χ1n) is 6.19. The number of hydrogen-bond donors (Lipinski definition) is 3. The smallest absolute Gasteiger partial charge is 0.254 e. The van der Waals surface area contributed by atoms with E-state index in [9.17, 15) is 9.59 Å². The molecule has 5 nitrogen and oxygen atoms in total. The number of hydrogen-bond acceptors (Lipinski definition) is 3. The van der Waals surface area contributed by atoms with Gasteiger partial charge in [-0.25, -0.2) is 0 Å². The molecule has 1 aliphatic rings. The van der Waals surface area contributed by atoms with Crippen LogP contribution >= 0.6 is 11.6 Å². The number of benzene rings is 1. The molecule has 1 aromatic carbocycles. The minimum atomic E-state index is -0.359. The highest BCUT2D eigenvalue weighted by molar-refractivity contribution is 6.34. The summed E-state index contributed by atoms with van der Waals surface area (Å²) < 4.78 is 0. The van der Waals surface area contributed by atoms with E-state index in [4.69, 9.17) is 17.3 Å². The van der Waals surface area contributed by atoms with E-state index in [2.05, 4.69) is 10.6 Å². The van der Waals surface area contributed by atoms with E-state index in [-0.39, 0.29) is 30.3 Å². The molecule has 0 radical (unpaired) electrons. The van der Waals surface area contributed by atoms with Crippen LogP contribution in [0.5, 0.6) is 0 Å². The van der Waals surface area contributed by atoms with Crippen LogP contribution < -0.4 is 16.4 Å². The SMILES string of the molecule is Nc1cccc(Cl)c1C(=O)NCCC(=O)NC1CC1. The van der Waals surface area contributed by atoms with Gasteiger partial charge in [-0.15, -0.1) is 0 Å². The third-order valence-electron chi connectivity index (χ3n) is 2.85. The zero-order valence-corrected chi connectivity index (χ0v) is 11.2. The fraction of sp³-hybridized carbons (Fsp3) is 0.385. The molecule has 6 heteroatoms. The molecule has 2 rings (SSSR count). The van der Waals surface area contributed by atoms with Gasteiger partial charge in [0.05, 0.1) is 10.6 Å². The van der Waals surface area contributed by atoms with Gasteiger partial charge < -0.3 is 16.4 Å². The topological polar surface area (TPSA) is 84.2 Å². The Balaban J connectivity index is 1.82. The minimum absolute atomic E-state index is 0.0464. The lowest BCUT2D eigenvalue weighted by molar-refractivity contribution is -0.121. The zero-order chi connectivity index (χ0) is 13.8. The lowest BCUT2D eigenvalue weighted by Gasteiger charge is -2.09. The maximum Gasteiger partial charge on any atom is 0.254 e. The van der Waals surface area contributed by atoms with Gasteiger partial charge in [-0.1, -0.05) is 17.7 Å². The number of nitrogens with one attached hydrogen (secondary N) is 2.